The van der Waals surface area contributed by atoms with Gasteiger partial charge in [0.15, 0.2) is 0 Å². The Morgan fingerprint density at radius 2 is 1.81 bits per heavy atom. The Morgan fingerprint density at radius 1 is 1.00 bits per heavy atom. The molecule has 4 aromatic rings. The summed E-state index contributed by atoms with van der Waals surface area (Å²) in [5.74, 6) is -0.370. The molecule has 26 heavy (non-hydrogen) atoms. The van der Waals surface area contributed by atoms with E-state index in [2.05, 4.69) is 4.99 Å². The SMILES string of the molecule is O=c1cc(CC([O-])=Nc2cccc3ccccc23)c2ccc(O)cc2o1. The predicted molar refractivity (Wildman–Crippen MR) is 98.9 cm³/mol. The number of phenolic OH excluding ortho intramolecular Hbond substituents is 1. The Bertz CT molecular complexity index is 1200. The molecule has 0 aliphatic carbocycles. The van der Waals surface area contributed by atoms with Crippen molar-refractivity contribution in [2.45, 2.75) is 6.42 Å². The van der Waals surface area contributed by atoms with Crippen molar-refractivity contribution in [3.8, 4) is 5.75 Å². The van der Waals surface area contributed by atoms with Gasteiger partial charge in [-0.25, -0.2) is 4.79 Å². The van der Waals surface area contributed by atoms with Gasteiger partial charge in [-0.2, -0.15) is 0 Å². The third kappa shape index (κ3) is 3.02. The topological polar surface area (TPSA) is 85.9 Å². The van der Waals surface area contributed by atoms with E-state index in [1.54, 1.807) is 12.1 Å². The van der Waals surface area contributed by atoms with Crippen molar-refractivity contribution >= 4 is 33.3 Å². The molecule has 0 fully saturated rings. The van der Waals surface area contributed by atoms with Crippen molar-refractivity contribution in [1.29, 1.82) is 0 Å². The first kappa shape index (κ1) is 15.9. The van der Waals surface area contributed by atoms with Crippen molar-refractivity contribution in [2.24, 2.45) is 4.99 Å². The van der Waals surface area contributed by atoms with Crippen LogP contribution < -0.4 is 10.7 Å². The molecule has 0 atom stereocenters. The van der Waals surface area contributed by atoms with Crippen molar-refractivity contribution in [3.05, 3.63) is 82.7 Å². The summed E-state index contributed by atoms with van der Waals surface area (Å²) in [6.07, 6.45) is -0.0317. The lowest BCUT2D eigenvalue weighted by atomic mass is 10.1. The minimum atomic E-state index is -0.573. The van der Waals surface area contributed by atoms with Gasteiger partial charge >= 0.3 is 5.63 Å². The fourth-order valence-electron chi connectivity index (χ4n) is 3.01. The zero-order chi connectivity index (χ0) is 18.1. The van der Waals surface area contributed by atoms with E-state index >= 15 is 0 Å². The minimum absolute atomic E-state index is 0.00966. The van der Waals surface area contributed by atoms with E-state index in [-0.39, 0.29) is 23.7 Å². The highest BCUT2D eigenvalue weighted by atomic mass is 16.4. The van der Waals surface area contributed by atoms with Crippen LogP contribution >= 0.6 is 0 Å². The number of benzene rings is 3. The van der Waals surface area contributed by atoms with Crippen LogP contribution in [0.1, 0.15) is 5.56 Å². The summed E-state index contributed by atoms with van der Waals surface area (Å²) in [7, 11) is 0. The number of fused-ring (bicyclic) bond motifs is 2. The van der Waals surface area contributed by atoms with Crippen molar-refractivity contribution in [3.63, 3.8) is 0 Å². The molecule has 0 saturated carbocycles. The Kier molecular flexibility index (Phi) is 3.89. The smallest absolute Gasteiger partial charge is 0.336 e. The molecule has 1 heterocycles. The van der Waals surface area contributed by atoms with Gasteiger partial charge in [0.05, 0.1) is 5.69 Å². The van der Waals surface area contributed by atoms with Crippen molar-refractivity contribution in [1.82, 2.24) is 0 Å². The molecule has 0 unspecified atom stereocenters. The van der Waals surface area contributed by atoms with Crippen LogP contribution in [0.15, 0.2) is 80.9 Å². The number of phenols is 1. The number of nitrogens with zero attached hydrogens (tertiary/aromatic N) is 1. The molecule has 128 valence electrons. The van der Waals surface area contributed by atoms with Gasteiger partial charge in [0.2, 0.25) is 0 Å². The molecule has 5 heteroatoms. The average Bonchev–Trinajstić information content (AvgIpc) is 2.61. The summed E-state index contributed by atoms with van der Waals surface area (Å²) in [5, 5.41) is 24.5. The van der Waals surface area contributed by atoms with E-state index in [4.69, 9.17) is 4.42 Å². The molecule has 0 saturated heterocycles. The Hall–Kier alpha value is -3.60. The highest BCUT2D eigenvalue weighted by Gasteiger charge is 2.07. The second kappa shape index (κ2) is 6.37. The van der Waals surface area contributed by atoms with Crippen molar-refractivity contribution in [2.75, 3.05) is 0 Å². The maximum Gasteiger partial charge on any atom is 0.336 e. The first-order valence-electron chi connectivity index (χ1n) is 8.08. The van der Waals surface area contributed by atoms with Crippen LogP contribution in [0.25, 0.3) is 21.7 Å². The van der Waals surface area contributed by atoms with Crippen LogP contribution in [0.5, 0.6) is 5.75 Å². The van der Waals surface area contributed by atoms with Gasteiger partial charge in [-0.3, -0.25) is 4.99 Å². The first-order valence-corrected chi connectivity index (χ1v) is 8.08. The second-order valence-electron chi connectivity index (χ2n) is 5.95. The first-order chi connectivity index (χ1) is 12.6. The van der Waals surface area contributed by atoms with Gasteiger partial charge in [0.25, 0.3) is 0 Å². The molecule has 1 aromatic heterocycles. The molecule has 3 aromatic carbocycles. The lowest BCUT2D eigenvalue weighted by molar-refractivity contribution is -0.217. The fourth-order valence-corrected chi connectivity index (χ4v) is 3.01. The highest BCUT2D eigenvalue weighted by Crippen LogP contribution is 2.26. The molecule has 0 amide bonds. The van der Waals surface area contributed by atoms with Crippen LogP contribution in [-0.4, -0.2) is 11.0 Å². The van der Waals surface area contributed by atoms with E-state index in [9.17, 15) is 15.0 Å². The van der Waals surface area contributed by atoms with Crippen LogP contribution in [0.2, 0.25) is 0 Å². The van der Waals surface area contributed by atoms with E-state index in [0.717, 1.165) is 10.8 Å². The maximum atomic E-state index is 12.5. The van der Waals surface area contributed by atoms with Gasteiger partial charge in [-0.1, -0.05) is 36.4 Å². The minimum Gasteiger partial charge on any atom is -0.861 e. The van der Waals surface area contributed by atoms with E-state index in [1.807, 2.05) is 36.4 Å². The van der Waals surface area contributed by atoms with Gasteiger partial charge in [0.1, 0.15) is 11.3 Å². The Balaban J connectivity index is 1.76. The molecule has 1 N–H and O–H groups in total. The van der Waals surface area contributed by atoms with Crippen LogP contribution in [0.3, 0.4) is 0 Å². The standard InChI is InChI=1S/C21H15NO4/c23-15-8-9-17-14(11-21(25)26-19(17)12-15)10-20(24)22-18-7-3-5-13-4-1-2-6-16(13)18/h1-9,11-12,23H,10H2,(H,22,24)/p-1. The Morgan fingerprint density at radius 3 is 2.69 bits per heavy atom. The number of aromatic hydroxyl groups is 1. The van der Waals surface area contributed by atoms with Gasteiger partial charge in [0, 0.05) is 29.3 Å². The maximum absolute atomic E-state index is 12.5. The van der Waals surface area contributed by atoms with Crippen molar-refractivity contribution < 1.29 is 14.6 Å². The molecule has 0 aliphatic rings. The average molecular weight is 344 g/mol. The second-order valence-corrected chi connectivity index (χ2v) is 5.95. The van der Waals surface area contributed by atoms with Gasteiger partial charge in [-0.05, 0) is 35.0 Å². The summed E-state index contributed by atoms with van der Waals surface area (Å²) in [6, 6.07) is 19.0. The number of rotatable bonds is 3. The summed E-state index contributed by atoms with van der Waals surface area (Å²) in [6.45, 7) is 0. The molecular formula is C21H14NO4-. The number of hydrogen-bond donors (Lipinski definition) is 1. The molecule has 4 rings (SSSR count). The quantitative estimate of drug-likeness (QED) is 0.351. The normalized spacial score (nSPS) is 11.9. The Labute approximate surface area is 148 Å². The monoisotopic (exact) mass is 344 g/mol. The molecule has 5 nitrogen and oxygen atoms in total. The fraction of sp³-hybridized carbons (Fsp3) is 0.0476. The summed E-state index contributed by atoms with van der Waals surface area (Å²) in [5.41, 5.74) is 0.782. The van der Waals surface area contributed by atoms with E-state index in [0.29, 0.717) is 16.6 Å². The largest absolute Gasteiger partial charge is 0.861 e. The zero-order valence-electron chi connectivity index (χ0n) is 13.7. The van der Waals surface area contributed by atoms with E-state index < -0.39 is 5.63 Å². The van der Waals surface area contributed by atoms with E-state index in [1.165, 1.54) is 18.2 Å². The summed E-state index contributed by atoms with van der Waals surface area (Å²) in [4.78, 5) is 16.0. The van der Waals surface area contributed by atoms with Crippen LogP contribution in [-0.2, 0) is 6.42 Å². The molecule has 0 spiro atoms. The molecule has 0 radical (unpaired) electrons. The zero-order valence-corrected chi connectivity index (χ0v) is 13.7. The van der Waals surface area contributed by atoms with Gasteiger partial charge < -0.3 is 14.6 Å². The molecule has 0 aliphatic heterocycles. The molecule has 0 bridgehead atoms. The third-order valence-corrected chi connectivity index (χ3v) is 4.17. The third-order valence-electron chi connectivity index (χ3n) is 4.17. The lowest BCUT2D eigenvalue weighted by Crippen LogP contribution is -2.20. The summed E-state index contributed by atoms with van der Waals surface area (Å²) < 4.78 is 5.08. The summed E-state index contributed by atoms with van der Waals surface area (Å²) >= 11 is 0. The number of hydrogen-bond acceptors (Lipinski definition) is 5. The number of aliphatic imine (C=N–C) groups is 1. The van der Waals surface area contributed by atoms with Crippen LogP contribution in [0.4, 0.5) is 5.69 Å². The molecular weight excluding hydrogens is 330 g/mol. The predicted octanol–water partition coefficient (Wildman–Crippen LogP) is 3.28. The highest BCUT2D eigenvalue weighted by molar-refractivity contribution is 5.95. The van der Waals surface area contributed by atoms with Crippen LogP contribution in [0, 0.1) is 0 Å². The lowest BCUT2D eigenvalue weighted by Gasteiger charge is -2.13. The van der Waals surface area contributed by atoms with Gasteiger partial charge in [-0.15, -0.1) is 0 Å².